The Balaban J connectivity index is 1.42. The molecule has 0 radical (unpaired) electrons. The molecule has 2 aromatic rings. The molecule has 1 heterocycles. The van der Waals surface area contributed by atoms with E-state index in [9.17, 15) is 9.59 Å². The van der Waals surface area contributed by atoms with Crippen molar-refractivity contribution in [1.29, 1.82) is 0 Å². The van der Waals surface area contributed by atoms with Crippen LogP contribution in [0.15, 0.2) is 54.6 Å². The van der Waals surface area contributed by atoms with Gasteiger partial charge in [-0.1, -0.05) is 30.3 Å². The molecule has 2 N–H and O–H groups in total. The summed E-state index contributed by atoms with van der Waals surface area (Å²) >= 11 is 0. The molecule has 0 bridgehead atoms. The summed E-state index contributed by atoms with van der Waals surface area (Å²) in [6, 6.07) is 17.0. The van der Waals surface area contributed by atoms with E-state index in [1.165, 1.54) is 5.56 Å². The number of benzene rings is 2. The zero-order chi connectivity index (χ0) is 18.4. The van der Waals surface area contributed by atoms with E-state index in [0.717, 1.165) is 32.4 Å². The normalized spacial score (nSPS) is 14.8. The second-order valence-electron chi connectivity index (χ2n) is 6.69. The molecule has 3 rings (SSSR count). The van der Waals surface area contributed by atoms with Crippen molar-refractivity contribution in [2.75, 3.05) is 19.7 Å². The molecule has 0 unspecified atom stereocenters. The van der Waals surface area contributed by atoms with Crippen LogP contribution in [0, 0.1) is 5.92 Å². The fourth-order valence-corrected chi connectivity index (χ4v) is 3.29. The predicted octanol–water partition coefficient (Wildman–Crippen LogP) is 2.65. The molecule has 2 aromatic carbocycles. The van der Waals surface area contributed by atoms with Crippen LogP contribution in [0.25, 0.3) is 0 Å². The maximum absolute atomic E-state index is 12.3. The molecule has 0 spiro atoms. The molecule has 1 aliphatic heterocycles. The van der Waals surface area contributed by atoms with Crippen LogP contribution in [-0.4, -0.2) is 36.4 Å². The summed E-state index contributed by atoms with van der Waals surface area (Å²) in [5.74, 6) is 0.708. The Hall–Kier alpha value is -2.82. The smallest absolute Gasteiger partial charge is 0.260 e. The van der Waals surface area contributed by atoms with Gasteiger partial charge in [0.2, 0.25) is 5.91 Å². The third kappa shape index (κ3) is 4.85. The lowest BCUT2D eigenvalue weighted by atomic mass is 9.90. The first kappa shape index (κ1) is 18.0. The average Bonchev–Trinajstić information content (AvgIpc) is 2.68. The third-order valence-electron chi connectivity index (χ3n) is 4.84. The quantitative estimate of drug-likeness (QED) is 0.869. The van der Waals surface area contributed by atoms with E-state index in [4.69, 9.17) is 10.5 Å². The third-order valence-corrected chi connectivity index (χ3v) is 4.84. The lowest BCUT2D eigenvalue weighted by Gasteiger charge is -2.32. The van der Waals surface area contributed by atoms with E-state index in [2.05, 4.69) is 24.3 Å². The number of likely N-dealkylation sites (tertiary alicyclic amines) is 1. The van der Waals surface area contributed by atoms with Gasteiger partial charge in [0.25, 0.3) is 5.91 Å². The van der Waals surface area contributed by atoms with Crippen LogP contribution in [-0.2, 0) is 11.2 Å². The highest BCUT2D eigenvalue weighted by Gasteiger charge is 2.23. The second kappa shape index (κ2) is 8.52. The molecule has 1 saturated heterocycles. The Bertz CT molecular complexity index is 736. The van der Waals surface area contributed by atoms with Crippen LogP contribution < -0.4 is 10.5 Å². The maximum Gasteiger partial charge on any atom is 0.260 e. The number of primary amides is 1. The number of piperidine rings is 1. The number of nitrogens with two attached hydrogens (primary N) is 1. The first-order valence-electron chi connectivity index (χ1n) is 8.96. The number of hydrogen-bond donors (Lipinski definition) is 1. The topological polar surface area (TPSA) is 72.6 Å². The van der Waals surface area contributed by atoms with E-state index < -0.39 is 5.91 Å². The van der Waals surface area contributed by atoms with E-state index in [0.29, 0.717) is 17.2 Å². The summed E-state index contributed by atoms with van der Waals surface area (Å²) in [7, 11) is 0. The van der Waals surface area contributed by atoms with Gasteiger partial charge in [-0.05, 0) is 55.0 Å². The Labute approximate surface area is 153 Å². The van der Waals surface area contributed by atoms with Crippen LogP contribution in [0.5, 0.6) is 5.75 Å². The zero-order valence-electron chi connectivity index (χ0n) is 14.8. The first-order chi connectivity index (χ1) is 12.6. The SMILES string of the molecule is NC(=O)c1ccc(OCC(=O)N2CCC(Cc3ccccc3)CC2)cc1. The highest BCUT2D eigenvalue weighted by Crippen LogP contribution is 2.22. The molecule has 5 heteroatoms. The standard InChI is InChI=1S/C21H24N2O3/c22-21(25)18-6-8-19(9-7-18)26-15-20(24)23-12-10-17(11-13-23)14-16-4-2-1-3-5-16/h1-9,17H,10-15H2,(H2,22,25). The van der Waals surface area contributed by atoms with Crippen molar-refractivity contribution >= 4 is 11.8 Å². The number of carbonyl (C=O) groups is 2. The van der Waals surface area contributed by atoms with Gasteiger partial charge >= 0.3 is 0 Å². The minimum absolute atomic E-state index is 0.00198. The zero-order valence-corrected chi connectivity index (χ0v) is 14.8. The minimum atomic E-state index is -0.481. The molecule has 136 valence electrons. The van der Waals surface area contributed by atoms with Crippen LogP contribution in [0.1, 0.15) is 28.8 Å². The summed E-state index contributed by atoms with van der Waals surface area (Å²) in [5, 5.41) is 0. The van der Waals surface area contributed by atoms with E-state index in [1.807, 2.05) is 11.0 Å². The number of carbonyl (C=O) groups excluding carboxylic acids is 2. The van der Waals surface area contributed by atoms with E-state index in [1.54, 1.807) is 24.3 Å². The highest BCUT2D eigenvalue weighted by atomic mass is 16.5. The molecule has 1 aliphatic rings. The van der Waals surface area contributed by atoms with Crippen LogP contribution >= 0.6 is 0 Å². The maximum atomic E-state index is 12.3. The highest BCUT2D eigenvalue weighted by molar-refractivity contribution is 5.92. The van der Waals surface area contributed by atoms with Gasteiger partial charge in [0, 0.05) is 18.7 Å². The van der Waals surface area contributed by atoms with Crippen LogP contribution in [0.3, 0.4) is 0 Å². The molecule has 0 aliphatic carbocycles. The fraction of sp³-hybridized carbons (Fsp3) is 0.333. The van der Waals surface area contributed by atoms with Crippen molar-refractivity contribution in [3.8, 4) is 5.75 Å². The Kier molecular flexibility index (Phi) is 5.89. The summed E-state index contributed by atoms with van der Waals surface area (Å²) in [5.41, 5.74) is 6.98. The second-order valence-corrected chi connectivity index (χ2v) is 6.69. The molecule has 5 nitrogen and oxygen atoms in total. The minimum Gasteiger partial charge on any atom is -0.484 e. The molecule has 2 amide bonds. The summed E-state index contributed by atoms with van der Waals surface area (Å²) < 4.78 is 5.53. The van der Waals surface area contributed by atoms with Gasteiger partial charge in [-0.15, -0.1) is 0 Å². The van der Waals surface area contributed by atoms with Crippen molar-refractivity contribution < 1.29 is 14.3 Å². The average molecular weight is 352 g/mol. The largest absolute Gasteiger partial charge is 0.484 e. The Morgan fingerprint density at radius 1 is 1.00 bits per heavy atom. The monoisotopic (exact) mass is 352 g/mol. The van der Waals surface area contributed by atoms with Gasteiger partial charge in [-0.2, -0.15) is 0 Å². The Morgan fingerprint density at radius 2 is 1.65 bits per heavy atom. The van der Waals surface area contributed by atoms with Crippen LogP contribution in [0.4, 0.5) is 0 Å². The van der Waals surface area contributed by atoms with Crippen LogP contribution in [0.2, 0.25) is 0 Å². The van der Waals surface area contributed by atoms with Gasteiger partial charge in [0.15, 0.2) is 6.61 Å². The van der Waals surface area contributed by atoms with Crippen molar-refractivity contribution in [3.63, 3.8) is 0 Å². The fourth-order valence-electron chi connectivity index (χ4n) is 3.29. The molecule has 0 atom stereocenters. The van der Waals surface area contributed by atoms with Gasteiger partial charge < -0.3 is 15.4 Å². The lowest BCUT2D eigenvalue weighted by Crippen LogP contribution is -2.41. The molecule has 26 heavy (non-hydrogen) atoms. The molecule has 0 saturated carbocycles. The van der Waals surface area contributed by atoms with Crippen molar-refractivity contribution in [2.45, 2.75) is 19.3 Å². The number of rotatable bonds is 6. The first-order valence-corrected chi connectivity index (χ1v) is 8.96. The Morgan fingerprint density at radius 3 is 2.27 bits per heavy atom. The van der Waals surface area contributed by atoms with Crippen molar-refractivity contribution in [1.82, 2.24) is 4.90 Å². The van der Waals surface area contributed by atoms with E-state index >= 15 is 0 Å². The number of amides is 2. The predicted molar refractivity (Wildman–Crippen MR) is 99.9 cm³/mol. The summed E-state index contributed by atoms with van der Waals surface area (Å²) in [6.45, 7) is 1.57. The molecule has 0 aromatic heterocycles. The summed E-state index contributed by atoms with van der Waals surface area (Å²) in [4.78, 5) is 25.3. The van der Waals surface area contributed by atoms with E-state index in [-0.39, 0.29) is 12.5 Å². The number of hydrogen-bond acceptors (Lipinski definition) is 3. The lowest BCUT2D eigenvalue weighted by molar-refractivity contribution is -0.134. The van der Waals surface area contributed by atoms with Gasteiger partial charge in [-0.25, -0.2) is 0 Å². The summed E-state index contributed by atoms with van der Waals surface area (Å²) in [6.07, 6.45) is 3.12. The molecule has 1 fully saturated rings. The van der Waals surface area contributed by atoms with Crippen molar-refractivity contribution in [2.24, 2.45) is 11.7 Å². The van der Waals surface area contributed by atoms with Gasteiger partial charge in [-0.3, -0.25) is 9.59 Å². The van der Waals surface area contributed by atoms with Gasteiger partial charge in [0.05, 0.1) is 0 Å². The van der Waals surface area contributed by atoms with Gasteiger partial charge in [0.1, 0.15) is 5.75 Å². The molecular formula is C21H24N2O3. The van der Waals surface area contributed by atoms with Crippen molar-refractivity contribution in [3.05, 3.63) is 65.7 Å². The molecular weight excluding hydrogens is 328 g/mol. The number of ether oxygens (including phenoxy) is 1. The number of nitrogens with zero attached hydrogens (tertiary/aromatic N) is 1.